The van der Waals surface area contributed by atoms with Crippen molar-refractivity contribution in [2.45, 2.75) is 0 Å². The van der Waals surface area contributed by atoms with Crippen LogP contribution in [0, 0.1) is 0 Å². The van der Waals surface area contributed by atoms with Crippen LogP contribution >= 0.6 is 11.3 Å². The number of urea groups is 1. The van der Waals surface area contributed by atoms with Crippen LogP contribution in [-0.2, 0) is 0 Å². The van der Waals surface area contributed by atoms with Gasteiger partial charge in [0.2, 0.25) is 11.9 Å². The van der Waals surface area contributed by atoms with Gasteiger partial charge in [0.15, 0.2) is 11.5 Å². The van der Waals surface area contributed by atoms with E-state index >= 15 is 0 Å². The number of hydrogen-bond acceptors (Lipinski definition) is 7. The predicted octanol–water partition coefficient (Wildman–Crippen LogP) is 1.47. The third-order valence-electron chi connectivity index (χ3n) is 2.58. The minimum atomic E-state index is -0.346. The largest absolute Gasteiger partial charge is 0.492 e. The molecule has 0 fully saturated rings. The van der Waals surface area contributed by atoms with Crippen molar-refractivity contribution in [3.05, 3.63) is 23.7 Å². The minimum absolute atomic E-state index is 0.228. The summed E-state index contributed by atoms with van der Waals surface area (Å²) >= 11 is 1.25. The van der Waals surface area contributed by atoms with Crippen LogP contribution in [0.3, 0.4) is 0 Å². The lowest BCUT2D eigenvalue weighted by Gasteiger charge is -2.08. The van der Waals surface area contributed by atoms with Gasteiger partial charge >= 0.3 is 6.03 Å². The number of carbonyl (C=O) groups excluding carboxylic acids is 1. The number of benzene rings is 1. The fourth-order valence-electron chi connectivity index (χ4n) is 1.67. The van der Waals surface area contributed by atoms with Crippen LogP contribution in [0.4, 0.5) is 9.93 Å². The van der Waals surface area contributed by atoms with Gasteiger partial charge in [0.25, 0.3) is 0 Å². The first-order valence-electron chi connectivity index (χ1n) is 6.15. The molecule has 21 heavy (non-hydrogen) atoms. The maximum atomic E-state index is 11.5. The Kier molecular flexibility index (Phi) is 4.01. The average molecular weight is 308 g/mol. The molecule has 2 aromatic rings. The molecule has 1 aromatic carbocycles. The van der Waals surface area contributed by atoms with Gasteiger partial charge in [0.1, 0.15) is 17.9 Å². The fraction of sp³-hybridized carbons (Fsp3) is 0.250. The number of fused-ring (bicyclic) bond motifs is 1. The zero-order valence-electron chi connectivity index (χ0n) is 10.9. The Hall–Kier alpha value is -2.55. The van der Waals surface area contributed by atoms with Gasteiger partial charge in [-0.1, -0.05) is 11.3 Å². The number of carbonyl (C=O) groups is 1. The quantitative estimate of drug-likeness (QED) is 0.812. The molecule has 2 amide bonds. The highest BCUT2D eigenvalue weighted by molar-refractivity contribution is 7.13. The Morgan fingerprint density at radius 3 is 3.14 bits per heavy atom. The van der Waals surface area contributed by atoms with Crippen molar-refractivity contribution in [1.82, 2.24) is 15.5 Å². The summed E-state index contributed by atoms with van der Waals surface area (Å²) in [6.07, 6.45) is 0. The molecule has 2 heterocycles. The molecule has 0 spiro atoms. The van der Waals surface area contributed by atoms with Gasteiger partial charge in [-0.25, -0.2) is 4.79 Å². The second kappa shape index (κ2) is 6.27. The minimum Gasteiger partial charge on any atom is -0.492 e. The van der Waals surface area contributed by atoms with Gasteiger partial charge in [0.05, 0.1) is 6.54 Å². The molecule has 0 bridgehead atoms. The summed E-state index contributed by atoms with van der Waals surface area (Å²) in [5, 5.41) is 13.0. The van der Waals surface area contributed by atoms with Crippen LogP contribution in [-0.4, -0.2) is 36.2 Å². The van der Waals surface area contributed by atoms with Crippen molar-refractivity contribution in [3.8, 4) is 17.2 Å². The number of hydrogen-bond donors (Lipinski definition) is 2. The highest BCUT2D eigenvalue weighted by atomic mass is 32.1. The molecule has 9 heteroatoms. The Morgan fingerprint density at radius 2 is 2.29 bits per heavy atom. The van der Waals surface area contributed by atoms with E-state index in [-0.39, 0.29) is 12.8 Å². The van der Waals surface area contributed by atoms with E-state index in [9.17, 15) is 4.79 Å². The summed E-state index contributed by atoms with van der Waals surface area (Å²) in [6, 6.07) is 4.98. The first-order chi connectivity index (χ1) is 10.3. The summed E-state index contributed by atoms with van der Waals surface area (Å²) in [4.78, 5) is 11.5. The lowest BCUT2D eigenvalue weighted by atomic mass is 10.3. The number of amides is 2. The first kappa shape index (κ1) is 13.4. The van der Waals surface area contributed by atoms with Crippen molar-refractivity contribution in [2.75, 3.05) is 25.3 Å². The number of anilines is 1. The van der Waals surface area contributed by atoms with Crippen molar-refractivity contribution in [3.63, 3.8) is 0 Å². The van der Waals surface area contributed by atoms with Crippen LogP contribution in [0.1, 0.15) is 0 Å². The average Bonchev–Trinajstić information content (AvgIpc) is 3.14. The maximum absolute atomic E-state index is 11.5. The molecule has 0 saturated carbocycles. The van der Waals surface area contributed by atoms with Crippen molar-refractivity contribution in [2.24, 2.45) is 0 Å². The van der Waals surface area contributed by atoms with Crippen LogP contribution in [0.25, 0.3) is 0 Å². The zero-order valence-corrected chi connectivity index (χ0v) is 11.7. The van der Waals surface area contributed by atoms with E-state index < -0.39 is 0 Å². The highest BCUT2D eigenvalue weighted by Gasteiger charge is 2.13. The van der Waals surface area contributed by atoms with E-state index in [1.807, 2.05) is 0 Å². The lowest BCUT2D eigenvalue weighted by Crippen LogP contribution is -2.32. The molecule has 110 valence electrons. The molecule has 2 N–H and O–H groups in total. The van der Waals surface area contributed by atoms with E-state index in [0.717, 1.165) is 0 Å². The molecular weight excluding hydrogens is 296 g/mol. The Bertz CT molecular complexity index is 620. The van der Waals surface area contributed by atoms with Gasteiger partial charge in [0, 0.05) is 6.07 Å². The number of ether oxygens (including phenoxy) is 3. The molecular formula is C12H12N4O4S. The van der Waals surface area contributed by atoms with Crippen molar-refractivity contribution >= 4 is 22.5 Å². The molecule has 8 nitrogen and oxygen atoms in total. The maximum Gasteiger partial charge on any atom is 0.321 e. The summed E-state index contributed by atoms with van der Waals surface area (Å²) in [5.74, 6) is 2.02. The van der Waals surface area contributed by atoms with Gasteiger partial charge in [-0.05, 0) is 12.1 Å². The molecule has 3 rings (SSSR count). The number of nitrogens with zero attached hydrogens (tertiary/aromatic N) is 2. The normalized spacial score (nSPS) is 12.0. The molecule has 0 saturated heterocycles. The highest BCUT2D eigenvalue weighted by Crippen LogP contribution is 2.34. The summed E-state index contributed by atoms with van der Waals surface area (Å²) in [7, 11) is 0. The second-order valence-electron chi connectivity index (χ2n) is 3.99. The van der Waals surface area contributed by atoms with E-state index in [1.54, 1.807) is 23.7 Å². The Balaban J connectivity index is 1.39. The van der Waals surface area contributed by atoms with E-state index in [0.29, 0.717) is 35.5 Å². The smallest absolute Gasteiger partial charge is 0.321 e. The van der Waals surface area contributed by atoms with Gasteiger partial charge in [-0.15, -0.1) is 10.2 Å². The van der Waals surface area contributed by atoms with Gasteiger partial charge in [-0.3, -0.25) is 5.32 Å². The van der Waals surface area contributed by atoms with Crippen molar-refractivity contribution < 1.29 is 19.0 Å². The topological polar surface area (TPSA) is 94.6 Å². The van der Waals surface area contributed by atoms with Crippen LogP contribution < -0.4 is 24.8 Å². The molecule has 1 aromatic heterocycles. The number of nitrogens with one attached hydrogen (secondary N) is 2. The third-order valence-corrected chi connectivity index (χ3v) is 3.19. The third kappa shape index (κ3) is 3.51. The monoisotopic (exact) mass is 308 g/mol. The van der Waals surface area contributed by atoms with Crippen LogP contribution in [0.5, 0.6) is 17.2 Å². The molecule has 1 aliphatic heterocycles. The zero-order chi connectivity index (χ0) is 14.5. The fourth-order valence-corrected chi connectivity index (χ4v) is 2.11. The summed E-state index contributed by atoms with van der Waals surface area (Å²) in [6.45, 7) is 0.925. The van der Waals surface area contributed by atoms with Crippen molar-refractivity contribution in [1.29, 1.82) is 0 Å². The molecule has 0 radical (unpaired) electrons. The summed E-state index contributed by atoms with van der Waals surface area (Å²) < 4.78 is 16.0. The van der Waals surface area contributed by atoms with Gasteiger partial charge < -0.3 is 19.5 Å². The molecule has 0 atom stereocenters. The van der Waals surface area contributed by atoms with Crippen LogP contribution in [0.15, 0.2) is 23.7 Å². The number of rotatable bonds is 5. The second-order valence-corrected chi connectivity index (χ2v) is 4.82. The Morgan fingerprint density at radius 1 is 1.38 bits per heavy atom. The number of aromatic nitrogens is 2. The Labute approximate surface area is 124 Å². The standard InChI is InChI=1S/C12H12N4O4S/c17-11(15-12-16-14-6-21-12)13-3-4-18-8-1-2-9-10(5-8)20-7-19-9/h1-2,5-6H,3-4,7H2,(H2,13,15,16,17). The van der Waals surface area contributed by atoms with E-state index in [4.69, 9.17) is 14.2 Å². The molecule has 0 unspecified atom stereocenters. The first-order valence-corrected chi connectivity index (χ1v) is 7.03. The van der Waals surface area contributed by atoms with E-state index in [2.05, 4.69) is 20.8 Å². The van der Waals surface area contributed by atoms with Gasteiger partial charge in [-0.2, -0.15) is 0 Å². The van der Waals surface area contributed by atoms with Crippen LogP contribution in [0.2, 0.25) is 0 Å². The SMILES string of the molecule is O=C(NCCOc1ccc2c(c1)OCO2)Nc1nncs1. The molecule has 1 aliphatic rings. The predicted molar refractivity (Wildman–Crippen MR) is 75.0 cm³/mol. The molecule has 0 aliphatic carbocycles. The van der Waals surface area contributed by atoms with E-state index in [1.165, 1.54) is 11.3 Å². The summed E-state index contributed by atoms with van der Waals surface area (Å²) in [5.41, 5.74) is 1.54. The lowest BCUT2D eigenvalue weighted by molar-refractivity contribution is 0.173.